The van der Waals surface area contributed by atoms with Gasteiger partial charge in [-0.2, -0.15) is 0 Å². The van der Waals surface area contributed by atoms with E-state index in [9.17, 15) is 14.4 Å². The zero-order valence-electron chi connectivity index (χ0n) is 13.8. The SMILES string of the molecule is CCOc1ccc(C(=O)NC)cc1NC(=O)c1cccc(C(=O)O)c1. The molecular weight excluding hydrogens is 324 g/mol. The van der Waals surface area contributed by atoms with Gasteiger partial charge in [0.25, 0.3) is 11.8 Å². The van der Waals surface area contributed by atoms with Gasteiger partial charge < -0.3 is 20.5 Å². The van der Waals surface area contributed by atoms with E-state index in [1.54, 1.807) is 19.1 Å². The van der Waals surface area contributed by atoms with Crippen LogP contribution in [0.15, 0.2) is 42.5 Å². The monoisotopic (exact) mass is 342 g/mol. The molecular formula is C18H18N2O5. The number of ether oxygens (including phenoxy) is 1. The fourth-order valence-corrected chi connectivity index (χ4v) is 2.18. The lowest BCUT2D eigenvalue weighted by Crippen LogP contribution is -2.19. The molecule has 7 nitrogen and oxygen atoms in total. The molecule has 0 atom stereocenters. The Balaban J connectivity index is 2.33. The maximum atomic E-state index is 12.4. The first-order valence-corrected chi connectivity index (χ1v) is 7.60. The third-order valence-electron chi connectivity index (χ3n) is 3.39. The van der Waals surface area contributed by atoms with Gasteiger partial charge in [-0.15, -0.1) is 0 Å². The molecule has 0 aromatic heterocycles. The van der Waals surface area contributed by atoms with Crippen LogP contribution in [0.25, 0.3) is 0 Å². The number of benzene rings is 2. The highest BCUT2D eigenvalue weighted by Gasteiger charge is 2.14. The van der Waals surface area contributed by atoms with Crippen LogP contribution in [0.5, 0.6) is 5.75 Å². The Morgan fingerprint density at radius 1 is 1.00 bits per heavy atom. The number of aromatic carboxylic acids is 1. The molecule has 0 aliphatic rings. The van der Waals surface area contributed by atoms with Crippen molar-refractivity contribution < 1.29 is 24.2 Å². The summed E-state index contributed by atoms with van der Waals surface area (Å²) in [4.78, 5) is 35.2. The molecule has 7 heteroatoms. The van der Waals surface area contributed by atoms with E-state index in [4.69, 9.17) is 9.84 Å². The fourth-order valence-electron chi connectivity index (χ4n) is 2.18. The van der Waals surface area contributed by atoms with E-state index >= 15 is 0 Å². The Labute approximate surface area is 144 Å². The number of nitrogens with one attached hydrogen (secondary N) is 2. The Kier molecular flexibility index (Phi) is 5.73. The van der Waals surface area contributed by atoms with Crippen LogP contribution in [0.4, 0.5) is 5.69 Å². The summed E-state index contributed by atoms with van der Waals surface area (Å²) in [7, 11) is 1.51. The second-order valence-electron chi connectivity index (χ2n) is 5.06. The summed E-state index contributed by atoms with van der Waals surface area (Å²) in [5.74, 6) is -1.51. The highest BCUT2D eigenvalue weighted by atomic mass is 16.5. The minimum absolute atomic E-state index is 0.0109. The van der Waals surface area contributed by atoms with E-state index in [0.717, 1.165) is 0 Å². The number of anilines is 1. The fraction of sp³-hybridized carbons (Fsp3) is 0.167. The van der Waals surface area contributed by atoms with Gasteiger partial charge in [-0.05, 0) is 43.3 Å². The van der Waals surface area contributed by atoms with Crippen molar-refractivity contribution in [2.45, 2.75) is 6.92 Å². The van der Waals surface area contributed by atoms with Crippen LogP contribution in [0, 0.1) is 0 Å². The van der Waals surface area contributed by atoms with Crippen LogP contribution in [0.2, 0.25) is 0 Å². The lowest BCUT2D eigenvalue weighted by molar-refractivity contribution is 0.0696. The molecule has 0 saturated carbocycles. The number of rotatable bonds is 6. The zero-order valence-corrected chi connectivity index (χ0v) is 13.8. The summed E-state index contributed by atoms with van der Waals surface area (Å²) in [6.45, 7) is 2.19. The summed E-state index contributed by atoms with van der Waals surface area (Å²) < 4.78 is 5.46. The molecule has 0 radical (unpaired) electrons. The maximum absolute atomic E-state index is 12.4. The third kappa shape index (κ3) is 4.35. The van der Waals surface area contributed by atoms with Gasteiger partial charge in [0.1, 0.15) is 5.75 Å². The van der Waals surface area contributed by atoms with Crippen LogP contribution in [0.3, 0.4) is 0 Å². The van der Waals surface area contributed by atoms with Crippen molar-refractivity contribution in [3.8, 4) is 5.75 Å². The van der Waals surface area contributed by atoms with Crippen LogP contribution in [0.1, 0.15) is 38.0 Å². The van der Waals surface area contributed by atoms with Gasteiger partial charge in [0.05, 0.1) is 17.9 Å². The Morgan fingerprint density at radius 2 is 1.68 bits per heavy atom. The zero-order chi connectivity index (χ0) is 18.4. The Morgan fingerprint density at radius 3 is 2.32 bits per heavy atom. The molecule has 0 aliphatic carbocycles. The average molecular weight is 342 g/mol. The molecule has 2 amide bonds. The summed E-state index contributed by atoms with van der Waals surface area (Å²) in [5.41, 5.74) is 0.888. The van der Waals surface area contributed by atoms with E-state index < -0.39 is 11.9 Å². The van der Waals surface area contributed by atoms with Crippen LogP contribution in [-0.2, 0) is 0 Å². The molecule has 130 valence electrons. The van der Waals surface area contributed by atoms with Crippen LogP contribution < -0.4 is 15.4 Å². The van der Waals surface area contributed by atoms with Crippen molar-refractivity contribution in [1.29, 1.82) is 0 Å². The van der Waals surface area contributed by atoms with Gasteiger partial charge >= 0.3 is 5.97 Å². The number of carbonyl (C=O) groups excluding carboxylic acids is 2. The maximum Gasteiger partial charge on any atom is 0.335 e. The van der Waals surface area contributed by atoms with Crippen molar-refractivity contribution in [3.63, 3.8) is 0 Å². The minimum Gasteiger partial charge on any atom is -0.492 e. The van der Waals surface area contributed by atoms with Crippen LogP contribution >= 0.6 is 0 Å². The number of carbonyl (C=O) groups is 3. The van der Waals surface area contributed by atoms with Gasteiger partial charge in [0, 0.05) is 18.2 Å². The molecule has 0 spiro atoms. The number of carboxylic acids is 1. The Hall–Kier alpha value is -3.35. The predicted octanol–water partition coefficient (Wildman–Crippen LogP) is 2.40. The molecule has 25 heavy (non-hydrogen) atoms. The first kappa shape index (κ1) is 18.0. The number of hydrogen-bond donors (Lipinski definition) is 3. The van der Waals surface area contributed by atoms with E-state index in [-0.39, 0.29) is 17.0 Å². The summed E-state index contributed by atoms with van der Waals surface area (Å²) in [6, 6.07) is 10.4. The first-order valence-electron chi connectivity index (χ1n) is 7.60. The molecule has 2 aromatic rings. The van der Waals surface area contributed by atoms with Crippen molar-refractivity contribution >= 4 is 23.5 Å². The van der Waals surface area contributed by atoms with E-state index in [1.807, 2.05) is 0 Å². The lowest BCUT2D eigenvalue weighted by atomic mass is 10.1. The average Bonchev–Trinajstić information content (AvgIpc) is 2.62. The molecule has 0 unspecified atom stereocenters. The number of carboxylic acid groups (broad SMARTS) is 1. The summed E-state index contributed by atoms with van der Waals surface area (Å²) >= 11 is 0. The standard InChI is InChI=1S/C18H18N2O5/c1-3-25-15-8-7-12(16(21)19-2)10-14(15)20-17(22)11-5-4-6-13(9-11)18(23)24/h4-10H,3H2,1-2H3,(H,19,21)(H,20,22)(H,23,24). The van der Waals surface area contributed by atoms with Crippen LogP contribution in [-0.4, -0.2) is 36.5 Å². The second kappa shape index (κ2) is 7.96. The first-order chi connectivity index (χ1) is 12.0. The van der Waals surface area contributed by atoms with Crippen molar-refractivity contribution in [2.75, 3.05) is 19.0 Å². The van der Waals surface area contributed by atoms with Gasteiger partial charge in [-0.25, -0.2) is 4.79 Å². The quantitative estimate of drug-likeness (QED) is 0.748. The molecule has 0 aliphatic heterocycles. The highest BCUT2D eigenvalue weighted by Crippen LogP contribution is 2.26. The van der Waals surface area contributed by atoms with E-state index in [1.165, 1.54) is 37.4 Å². The number of hydrogen-bond acceptors (Lipinski definition) is 4. The largest absolute Gasteiger partial charge is 0.492 e. The highest BCUT2D eigenvalue weighted by molar-refractivity contribution is 6.07. The predicted molar refractivity (Wildman–Crippen MR) is 92.4 cm³/mol. The van der Waals surface area contributed by atoms with Crippen molar-refractivity contribution in [3.05, 3.63) is 59.2 Å². The van der Waals surface area contributed by atoms with Gasteiger partial charge in [-0.3, -0.25) is 9.59 Å². The third-order valence-corrected chi connectivity index (χ3v) is 3.39. The van der Waals surface area contributed by atoms with E-state index in [2.05, 4.69) is 10.6 Å². The summed E-state index contributed by atoms with van der Waals surface area (Å²) in [6.07, 6.45) is 0. The molecule has 0 heterocycles. The van der Waals surface area contributed by atoms with Gasteiger partial charge in [0.2, 0.25) is 0 Å². The molecule has 2 aromatic carbocycles. The molecule has 2 rings (SSSR count). The second-order valence-corrected chi connectivity index (χ2v) is 5.06. The Bertz CT molecular complexity index is 817. The normalized spacial score (nSPS) is 10.0. The topological polar surface area (TPSA) is 105 Å². The van der Waals surface area contributed by atoms with Gasteiger partial charge in [0.15, 0.2) is 0 Å². The minimum atomic E-state index is -1.12. The molecule has 0 fully saturated rings. The van der Waals surface area contributed by atoms with E-state index in [0.29, 0.717) is 23.6 Å². The smallest absolute Gasteiger partial charge is 0.335 e. The molecule has 0 saturated heterocycles. The van der Waals surface area contributed by atoms with Crippen molar-refractivity contribution in [2.24, 2.45) is 0 Å². The van der Waals surface area contributed by atoms with Gasteiger partial charge in [-0.1, -0.05) is 6.07 Å². The lowest BCUT2D eigenvalue weighted by Gasteiger charge is -2.13. The molecule has 3 N–H and O–H groups in total. The number of amides is 2. The summed E-state index contributed by atoms with van der Waals surface area (Å²) in [5, 5.41) is 14.2. The van der Waals surface area contributed by atoms with Crippen molar-refractivity contribution in [1.82, 2.24) is 5.32 Å². The molecule has 0 bridgehead atoms.